The summed E-state index contributed by atoms with van der Waals surface area (Å²) in [5, 5.41) is 11.3. The molecular weight excluding hydrogens is 441 g/mol. The number of nitrogens with zero attached hydrogens (tertiary/aromatic N) is 3. The Morgan fingerprint density at radius 1 is 1.33 bits per heavy atom. The third-order valence-corrected chi connectivity index (χ3v) is 6.10. The molecule has 2 aliphatic rings. The highest BCUT2D eigenvalue weighted by Crippen LogP contribution is 2.50. The number of phosphoric acid groups is 1. The second-order valence-corrected chi connectivity index (χ2v) is 8.60. The molecule has 3 aromatic rings. The summed E-state index contributed by atoms with van der Waals surface area (Å²) in [5.41, 5.74) is 5.68. The van der Waals surface area contributed by atoms with Crippen LogP contribution < -0.4 is 16.2 Å². The molecule has 2 saturated heterocycles. The Morgan fingerprint density at radius 3 is 2.80 bits per heavy atom. The molecule has 4 heterocycles. The summed E-state index contributed by atoms with van der Waals surface area (Å²) in [4.78, 5) is 34.9. The topological polar surface area (TPSA) is 178 Å². The number of nitrogen functional groups attached to an aromatic ring is 1. The second kappa shape index (κ2) is 6.86. The molecule has 5 rings (SSSR count). The molecule has 12 nitrogen and oxygen atoms in total. The van der Waals surface area contributed by atoms with Gasteiger partial charge >= 0.3 is 0 Å². The first-order valence-corrected chi connectivity index (χ1v) is 10.6. The van der Waals surface area contributed by atoms with Crippen molar-refractivity contribution in [3.05, 3.63) is 39.6 Å². The number of aromatic amines is 1. The van der Waals surface area contributed by atoms with Crippen molar-refractivity contribution in [3.8, 4) is 11.4 Å². The average Bonchev–Trinajstić information content (AvgIpc) is 3.20. The van der Waals surface area contributed by atoms with Gasteiger partial charge < -0.3 is 29.5 Å². The number of ether oxygens (including phenoxy) is 1. The van der Waals surface area contributed by atoms with Crippen molar-refractivity contribution in [2.75, 3.05) is 12.3 Å². The molecule has 158 valence electrons. The van der Waals surface area contributed by atoms with Gasteiger partial charge in [-0.25, -0.2) is 4.98 Å². The molecule has 4 N–H and O–H groups in total. The Bertz CT molecular complexity index is 1250. The first-order valence-electron chi connectivity index (χ1n) is 8.75. The lowest BCUT2D eigenvalue weighted by Gasteiger charge is -2.34. The molecule has 0 spiro atoms. The summed E-state index contributed by atoms with van der Waals surface area (Å²) < 4.78 is 28.4. The van der Waals surface area contributed by atoms with Gasteiger partial charge in [-0.2, -0.15) is 4.98 Å². The molecule has 0 saturated carbocycles. The molecule has 5 atom stereocenters. The minimum Gasteiger partial charge on any atom is -0.756 e. The Kier molecular flexibility index (Phi) is 4.49. The molecule has 0 amide bonds. The van der Waals surface area contributed by atoms with Gasteiger partial charge in [-0.3, -0.25) is 18.9 Å². The number of benzene rings is 1. The van der Waals surface area contributed by atoms with E-state index < -0.39 is 37.9 Å². The number of imidazole rings is 1. The van der Waals surface area contributed by atoms with Gasteiger partial charge in [0.1, 0.15) is 24.1 Å². The van der Waals surface area contributed by atoms with Gasteiger partial charge in [0.15, 0.2) is 17.4 Å². The van der Waals surface area contributed by atoms with Gasteiger partial charge in [0.25, 0.3) is 13.4 Å². The second-order valence-electron chi connectivity index (χ2n) is 6.80. The number of rotatable bonds is 2. The molecule has 2 aromatic heterocycles. The van der Waals surface area contributed by atoms with Crippen molar-refractivity contribution in [1.82, 2.24) is 19.5 Å². The lowest BCUT2D eigenvalue weighted by Crippen LogP contribution is -2.41. The fourth-order valence-electron chi connectivity index (χ4n) is 3.59. The van der Waals surface area contributed by atoms with Crippen molar-refractivity contribution < 1.29 is 28.3 Å². The van der Waals surface area contributed by atoms with Crippen LogP contribution in [0.25, 0.3) is 22.6 Å². The first kappa shape index (κ1) is 19.6. The number of nitrogens with two attached hydrogens (primary N) is 1. The number of hydrogen-bond donors (Lipinski definition) is 3. The normalized spacial score (nSPS) is 31.2. The van der Waals surface area contributed by atoms with E-state index in [1.807, 2.05) is 0 Å². The quantitative estimate of drug-likeness (QED) is 0.452. The van der Waals surface area contributed by atoms with Crippen LogP contribution in [0.15, 0.2) is 29.1 Å². The Labute approximate surface area is 172 Å². The lowest BCUT2D eigenvalue weighted by atomic mass is 10.1. The third-order valence-electron chi connectivity index (χ3n) is 4.88. The number of H-pyrrole nitrogens is 1. The van der Waals surface area contributed by atoms with Crippen LogP contribution in [-0.4, -0.2) is 49.5 Å². The van der Waals surface area contributed by atoms with Crippen LogP contribution in [-0.2, 0) is 18.3 Å². The standard InChI is InChI=1S/C16H15ClN5O7P/c17-7-3-1-6(2-4-7)12-19-9-13(20-16(18)21-14(9)24)22(12)15-10(23)11-8(28-15)5-27-30(25,26)29-11/h1-4,8,10-11,15,23H,5H2,(H,25,26)(H3,18,20,21,24)/p-1/t8?,10?,11-,15-/m1/s1. The zero-order valence-corrected chi connectivity index (χ0v) is 16.6. The Balaban J connectivity index is 1.70. The lowest BCUT2D eigenvalue weighted by molar-refractivity contribution is -0.245. The molecule has 2 aliphatic heterocycles. The van der Waals surface area contributed by atoms with Crippen LogP contribution in [0.4, 0.5) is 5.95 Å². The minimum atomic E-state index is -4.56. The van der Waals surface area contributed by atoms with Gasteiger partial charge in [-0.15, -0.1) is 0 Å². The van der Waals surface area contributed by atoms with E-state index in [0.29, 0.717) is 10.6 Å². The summed E-state index contributed by atoms with van der Waals surface area (Å²) in [6.07, 6.45) is -4.66. The van der Waals surface area contributed by atoms with E-state index >= 15 is 0 Å². The third kappa shape index (κ3) is 3.13. The van der Waals surface area contributed by atoms with Gasteiger partial charge in [0.2, 0.25) is 5.95 Å². The van der Waals surface area contributed by atoms with Crippen LogP contribution in [0.5, 0.6) is 0 Å². The maximum absolute atomic E-state index is 12.4. The highest BCUT2D eigenvalue weighted by atomic mass is 35.5. The molecule has 0 aliphatic carbocycles. The van der Waals surface area contributed by atoms with E-state index in [9.17, 15) is 19.4 Å². The van der Waals surface area contributed by atoms with Crippen LogP contribution >= 0.6 is 19.4 Å². The number of fused-ring (bicyclic) bond motifs is 2. The number of halogens is 1. The smallest absolute Gasteiger partial charge is 0.280 e. The SMILES string of the molecule is Nc1nc2c(nc(-c3ccc(Cl)cc3)n2[C@@H]2OC3COP(=O)([O-])O[C@H]3C2O)c(=O)[nH]1. The van der Waals surface area contributed by atoms with Crippen molar-refractivity contribution in [3.63, 3.8) is 0 Å². The fraction of sp³-hybridized carbons (Fsp3) is 0.312. The number of phosphoric ester groups is 1. The summed E-state index contributed by atoms with van der Waals surface area (Å²) in [5.74, 6) is 0.0732. The molecule has 30 heavy (non-hydrogen) atoms. The van der Waals surface area contributed by atoms with E-state index in [2.05, 4.69) is 19.5 Å². The van der Waals surface area contributed by atoms with Gasteiger partial charge in [-0.1, -0.05) is 11.6 Å². The number of hydrogen-bond acceptors (Lipinski definition) is 10. The zero-order valence-electron chi connectivity index (χ0n) is 15.0. The first-order chi connectivity index (χ1) is 14.2. The molecule has 1 aromatic carbocycles. The largest absolute Gasteiger partial charge is 0.756 e. The number of aliphatic hydroxyl groups is 1. The fourth-order valence-corrected chi connectivity index (χ4v) is 4.66. The number of aliphatic hydroxyl groups excluding tert-OH is 1. The number of anilines is 1. The van der Waals surface area contributed by atoms with E-state index in [4.69, 9.17) is 26.6 Å². The highest BCUT2D eigenvalue weighted by Gasteiger charge is 2.51. The van der Waals surface area contributed by atoms with E-state index in [1.165, 1.54) is 4.57 Å². The van der Waals surface area contributed by atoms with Gasteiger partial charge in [0, 0.05) is 10.6 Å². The molecule has 14 heteroatoms. The number of nitrogens with one attached hydrogen (secondary N) is 1. The predicted octanol–water partition coefficient (Wildman–Crippen LogP) is 0.164. The number of aromatic nitrogens is 4. The van der Waals surface area contributed by atoms with Crippen LogP contribution in [0.3, 0.4) is 0 Å². The predicted molar refractivity (Wildman–Crippen MR) is 101 cm³/mol. The van der Waals surface area contributed by atoms with Crippen LogP contribution in [0.1, 0.15) is 6.23 Å². The van der Waals surface area contributed by atoms with Crippen LogP contribution in [0, 0.1) is 0 Å². The van der Waals surface area contributed by atoms with Crippen molar-refractivity contribution in [1.29, 1.82) is 0 Å². The van der Waals surface area contributed by atoms with Crippen molar-refractivity contribution >= 4 is 36.5 Å². The summed E-state index contributed by atoms with van der Waals surface area (Å²) >= 11 is 5.96. The average molecular weight is 455 g/mol. The highest BCUT2D eigenvalue weighted by molar-refractivity contribution is 7.45. The maximum Gasteiger partial charge on any atom is 0.280 e. The van der Waals surface area contributed by atoms with E-state index in [1.54, 1.807) is 24.3 Å². The summed E-state index contributed by atoms with van der Waals surface area (Å²) in [6.45, 7) is -0.321. The van der Waals surface area contributed by atoms with Crippen molar-refractivity contribution in [2.45, 2.75) is 24.5 Å². The molecule has 2 fully saturated rings. The monoisotopic (exact) mass is 454 g/mol. The van der Waals surface area contributed by atoms with Gasteiger partial charge in [0.05, 0.1) is 6.61 Å². The Hall–Kier alpha value is -2.31. The maximum atomic E-state index is 12.4. The van der Waals surface area contributed by atoms with Gasteiger partial charge in [-0.05, 0) is 24.3 Å². The molecule has 0 bridgehead atoms. The van der Waals surface area contributed by atoms with E-state index in [0.717, 1.165) is 0 Å². The Morgan fingerprint density at radius 2 is 2.07 bits per heavy atom. The van der Waals surface area contributed by atoms with Crippen molar-refractivity contribution in [2.24, 2.45) is 0 Å². The van der Waals surface area contributed by atoms with E-state index in [-0.39, 0.29) is 29.5 Å². The summed E-state index contributed by atoms with van der Waals surface area (Å²) in [7, 11) is -4.56. The minimum absolute atomic E-state index is 0.0357. The molecular formula is C16H14ClN5O7P-. The zero-order chi connectivity index (χ0) is 21.2. The molecule has 3 unspecified atom stereocenters. The molecule has 0 radical (unpaired) electrons. The van der Waals surface area contributed by atoms with Crippen LogP contribution in [0.2, 0.25) is 5.02 Å². The summed E-state index contributed by atoms with van der Waals surface area (Å²) in [6, 6.07) is 6.58.